The van der Waals surface area contributed by atoms with Gasteiger partial charge >= 0.3 is 6.18 Å². The molecule has 0 saturated carbocycles. The number of unbranched alkanes of at least 4 members (excludes halogenated alkanes) is 3. The van der Waals surface area contributed by atoms with Gasteiger partial charge in [-0.25, -0.2) is 8.42 Å². The first kappa shape index (κ1) is 19.7. The van der Waals surface area contributed by atoms with Gasteiger partial charge in [-0.1, -0.05) is 43.9 Å². The van der Waals surface area contributed by atoms with Crippen molar-refractivity contribution in [2.24, 2.45) is 4.99 Å². The SMILES string of the molecule is CCCCCCN=C(CS(=O)(=O)c1ccc(C)cc1)C(F)(F)F. The van der Waals surface area contributed by atoms with E-state index >= 15 is 0 Å². The van der Waals surface area contributed by atoms with Crippen molar-refractivity contribution in [3.05, 3.63) is 29.8 Å². The summed E-state index contributed by atoms with van der Waals surface area (Å²) >= 11 is 0. The Hall–Kier alpha value is -1.37. The molecule has 1 aromatic carbocycles. The molecule has 0 aliphatic heterocycles. The fraction of sp³-hybridized carbons (Fsp3) is 0.562. The molecule has 0 bridgehead atoms. The third-order valence-corrected chi connectivity index (χ3v) is 4.99. The molecule has 0 heterocycles. The van der Waals surface area contributed by atoms with Gasteiger partial charge in [0.25, 0.3) is 0 Å². The summed E-state index contributed by atoms with van der Waals surface area (Å²) in [6.07, 6.45) is -1.52. The monoisotopic (exact) mass is 349 g/mol. The fourth-order valence-electron chi connectivity index (χ4n) is 1.98. The number of halogens is 3. The van der Waals surface area contributed by atoms with Crippen LogP contribution in [-0.2, 0) is 9.84 Å². The molecule has 1 rings (SSSR count). The summed E-state index contributed by atoms with van der Waals surface area (Å²) in [7, 11) is -4.06. The van der Waals surface area contributed by atoms with Gasteiger partial charge in [0.1, 0.15) is 11.5 Å². The van der Waals surface area contributed by atoms with Crippen molar-refractivity contribution < 1.29 is 21.6 Å². The zero-order chi connectivity index (χ0) is 17.5. The molecule has 23 heavy (non-hydrogen) atoms. The molecule has 0 spiro atoms. The molecule has 0 aliphatic carbocycles. The molecule has 0 aliphatic rings. The molecule has 0 N–H and O–H groups in total. The molecule has 3 nitrogen and oxygen atoms in total. The van der Waals surface area contributed by atoms with Crippen LogP contribution in [0.2, 0.25) is 0 Å². The van der Waals surface area contributed by atoms with Gasteiger partial charge in [0.15, 0.2) is 9.84 Å². The number of hydrogen-bond donors (Lipinski definition) is 0. The highest BCUT2D eigenvalue weighted by Gasteiger charge is 2.38. The van der Waals surface area contributed by atoms with Crippen molar-refractivity contribution in [3.8, 4) is 0 Å². The second-order valence-corrected chi connectivity index (χ2v) is 7.45. The summed E-state index contributed by atoms with van der Waals surface area (Å²) in [6, 6.07) is 5.75. The number of nitrogens with zero attached hydrogens (tertiary/aromatic N) is 1. The summed E-state index contributed by atoms with van der Waals surface area (Å²) in [4.78, 5) is 3.39. The molecule has 130 valence electrons. The van der Waals surface area contributed by atoms with Gasteiger partial charge in [0, 0.05) is 6.54 Å². The van der Waals surface area contributed by atoms with Crippen molar-refractivity contribution in [2.45, 2.75) is 50.6 Å². The first-order chi connectivity index (χ1) is 10.7. The molecule has 1 aromatic rings. The highest BCUT2D eigenvalue weighted by Crippen LogP contribution is 2.22. The number of rotatable bonds is 8. The lowest BCUT2D eigenvalue weighted by atomic mass is 10.2. The number of aryl methyl sites for hydroxylation is 1. The Kier molecular flexibility index (Phi) is 7.25. The minimum atomic E-state index is -4.73. The number of aliphatic imine (C=N–C) groups is 1. The highest BCUT2D eigenvalue weighted by atomic mass is 32.2. The second-order valence-electron chi connectivity index (χ2n) is 5.46. The van der Waals surface area contributed by atoms with Crippen LogP contribution in [0.1, 0.15) is 38.2 Å². The van der Waals surface area contributed by atoms with Crippen LogP contribution in [-0.4, -0.2) is 32.6 Å². The van der Waals surface area contributed by atoms with Crippen LogP contribution in [0.5, 0.6) is 0 Å². The maximum atomic E-state index is 13.0. The molecular weight excluding hydrogens is 327 g/mol. The van der Waals surface area contributed by atoms with E-state index < -0.39 is 27.5 Å². The Balaban J connectivity index is 2.88. The molecule has 0 atom stereocenters. The van der Waals surface area contributed by atoms with E-state index in [9.17, 15) is 21.6 Å². The van der Waals surface area contributed by atoms with Crippen LogP contribution in [0.3, 0.4) is 0 Å². The predicted molar refractivity (Wildman–Crippen MR) is 85.7 cm³/mol. The van der Waals surface area contributed by atoms with Crippen molar-refractivity contribution in [2.75, 3.05) is 12.3 Å². The molecule has 7 heteroatoms. The first-order valence-corrected chi connectivity index (χ1v) is 9.22. The van der Waals surface area contributed by atoms with E-state index in [1.807, 2.05) is 6.92 Å². The van der Waals surface area contributed by atoms with Gasteiger partial charge in [-0.2, -0.15) is 13.2 Å². The molecule has 0 radical (unpaired) electrons. The van der Waals surface area contributed by atoms with E-state index in [1.165, 1.54) is 12.1 Å². The lowest BCUT2D eigenvalue weighted by molar-refractivity contribution is -0.0592. The van der Waals surface area contributed by atoms with E-state index in [4.69, 9.17) is 0 Å². The van der Waals surface area contributed by atoms with Crippen molar-refractivity contribution >= 4 is 15.5 Å². The van der Waals surface area contributed by atoms with Crippen molar-refractivity contribution in [1.29, 1.82) is 0 Å². The maximum Gasteiger partial charge on any atom is 0.430 e. The average molecular weight is 349 g/mol. The van der Waals surface area contributed by atoms with Crippen LogP contribution in [0.15, 0.2) is 34.2 Å². The molecule has 0 amide bonds. The fourth-order valence-corrected chi connectivity index (χ4v) is 3.31. The lowest BCUT2D eigenvalue weighted by Gasteiger charge is -2.12. The summed E-state index contributed by atoms with van der Waals surface area (Å²) in [5.74, 6) is -1.12. The zero-order valence-electron chi connectivity index (χ0n) is 13.4. The number of benzene rings is 1. The van der Waals surface area contributed by atoms with Crippen LogP contribution >= 0.6 is 0 Å². The predicted octanol–water partition coefficient (Wildman–Crippen LogP) is 4.35. The smallest absolute Gasteiger partial charge is 0.284 e. The number of alkyl halides is 3. The van der Waals surface area contributed by atoms with Gasteiger partial charge in [-0.15, -0.1) is 0 Å². The highest BCUT2D eigenvalue weighted by molar-refractivity contribution is 7.92. The van der Waals surface area contributed by atoms with Crippen LogP contribution in [0.4, 0.5) is 13.2 Å². The molecule has 0 fully saturated rings. The summed E-state index contributed by atoms with van der Waals surface area (Å²) < 4.78 is 63.3. The summed E-state index contributed by atoms with van der Waals surface area (Å²) in [5.41, 5.74) is -0.390. The topological polar surface area (TPSA) is 46.5 Å². The van der Waals surface area contributed by atoms with E-state index in [2.05, 4.69) is 4.99 Å². The minimum Gasteiger partial charge on any atom is -0.284 e. The molecular formula is C16H22F3NO2S. The van der Waals surface area contributed by atoms with E-state index in [0.717, 1.165) is 24.8 Å². The Morgan fingerprint density at radius 2 is 1.70 bits per heavy atom. The van der Waals surface area contributed by atoms with Gasteiger partial charge in [0.2, 0.25) is 0 Å². The van der Waals surface area contributed by atoms with Crippen molar-refractivity contribution in [1.82, 2.24) is 0 Å². The minimum absolute atomic E-state index is 0.00173. The summed E-state index contributed by atoms with van der Waals surface area (Å²) in [5, 5.41) is 0. The van der Waals surface area contributed by atoms with E-state index in [1.54, 1.807) is 19.1 Å². The average Bonchev–Trinajstić information content (AvgIpc) is 2.45. The Morgan fingerprint density at radius 3 is 2.22 bits per heavy atom. The zero-order valence-corrected chi connectivity index (χ0v) is 14.2. The number of sulfone groups is 1. The van der Waals surface area contributed by atoms with Gasteiger partial charge in [-0.3, -0.25) is 4.99 Å². The molecule has 0 unspecified atom stereocenters. The van der Waals surface area contributed by atoms with Crippen LogP contribution < -0.4 is 0 Å². The normalized spacial score (nSPS) is 13.3. The largest absolute Gasteiger partial charge is 0.430 e. The van der Waals surface area contributed by atoms with Gasteiger partial charge in [0.05, 0.1) is 4.90 Å². The van der Waals surface area contributed by atoms with Crippen molar-refractivity contribution in [3.63, 3.8) is 0 Å². The maximum absolute atomic E-state index is 13.0. The van der Waals surface area contributed by atoms with Gasteiger partial charge in [-0.05, 0) is 25.5 Å². The Labute approximate surface area is 135 Å². The lowest BCUT2D eigenvalue weighted by Crippen LogP contribution is -2.31. The standard InChI is InChI=1S/C16H22F3NO2S/c1-3-4-5-6-11-20-15(16(17,18)19)12-23(21,22)14-9-7-13(2)8-10-14/h7-10H,3-6,11-12H2,1-2H3. The third-order valence-electron chi connectivity index (χ3n) is 3.35. The third kappa shape index (κ3) is 6.72. The number of hydrogen-bond acceptors (Lipinski definition) is 3. The molecule has 0 aromatic heterocycles. The summed E-state index contributed by atoms with van der Waals surface area (Å²) in [6.45, 7) is 3.77. The van der Waals surface area contributed by atoms with Gasteiger partial charge < -0.3 is 0 Å². The van der Waals surface area contributed by atoms with E-state index in [-0.39, 0.29) is 11.4 Å². The van der Waals surface area contributed by atoms with Crippen LogP contribution in [0, 0.1) is 6.92 Å². The van der Waals surface area contributed by atoms with E-state index in [0.29, 0.717) is 6.42 Å². The van der Waals surface area contributed by atoms with Crippen LogP contribution in [0.25, 0.3) is 0 Å². The molecule has 0 saturated heterocycles. The Morgan fingerprint density at radius 1 is 1.09 bits per heavy atom. The quantitative estimate of drug-likeness (QED) is 0.517. The first-order valence-electron chi connectivity index (χ1n) is 7.56. The Bertz CT molecular complexity index is 620. The second kappa shape index (κ2) is 8.47.